The van der Waals surface area contributed by atoms with Crippen molar-refractivity contribution in [2.24, 2.45) is 0 Å². The van der Waals surface area contributed by atoms with Gasteiger partial charge in [-0.25, -0.2) is 4.98 Å². The molecule has 124 valence electrons. The molecule has 1 aliphatic rings. The molecule has 0 amide bonds. The van der Waals surface area contributed by atoms with Gasteiger partial charge < -0.3 is 14.4 Å². The standard InChI is InChI=1S/C16H12F2N2O4/c1-20(15-12(9-22)3-2-6-19-15)7-10-4-5-11(8-21)14-13(10)23-16(17,18)24-14/h2-6,8-9H,7H2,1H3. The third-order valence-electron chi connectivity index (χ3n) is 3.51. The minimum Gasteiger partial charge on any atom is -0.395 e. The van der Waals surface area contributed by atoms with Crippen molar-refractivity contribution in [1.29, 1.82) is 0 Å². The quantitative estimate of drug-likeness (QED) is 0.783. The summed E-state index contributed by atoms with van der Waals surface area (Å²) >= 11 is 0. The number of anilines is 1. The van der Waals surface area contributed by atoms with Gasteiger partial charge in [0.25, 0.3) is 0 Å². The molecule has 0 bridgehead atoms. The number of alkyl halides is 2. The molecule has 0 unspecified atom stereocenters. The topological polar surface area (TPSA) is 68.7 Å². The van der Waals surface area contributed by atoms with Crippen molar-refractivity contribution < 1.29 is 27.8 Å². The molecule has 0 saturated carbocycles. The first-order chi connectivity index (χ1) is 11.4. The van der Waals surface area contributed by atoms with Crippen molar-refractivity contribution in [2.45, 2.75) is 12.8 Å². The lowest BCUT2D eigenvalue weighted by Crippen LogP contribution is -2.26. The Hall–Kier alpha value is -3.03. The van der Waals surface area contributed by atoms with Gasteiger partial charge in [-0.1, -0.05) is 6.07 Å². The molecule has 8 heteroatoms. The molecule has 6 nitrogen and oxygen atoms in total. The van der Waals surface area contributed by atoms with E-state index in [4.69, 9.17) is 0 Å². The van der Waals surface area contributed by atoms with Gasteiger partial charge in [0.1, 0.15) is 5.82 Å². The van der Waals surface area contributed by atoms with Gasteiger partial charge in [-0.05, 0) is 18.2 Å². The number of benzene rings is 1. The van der Waals surface area contributed by atoms with Crippen LogP contribution in [0, 0.1) is 0 Å². The normalized spacial score (nSPS) is 14.3. The maximum Gasteiger partial charge on any atom is 0.586 e. The Balaban J connectivity index is 1.96. The Kier molecular flexibility index (Phi) is 3.88. The molecule has 2 heterocycles. The number of carbonyl (C=O) groups is 2. The van der Waals surface area contributed by atoms with E-state index in [0.717, 1.165) is 0 Å². The molecule has 0 spiro atoms. The molecular weight excluding hydrogens is 322 g/mol. The molecule has 1 aromatic carbocycles. The van der Waals surface area contributed by atoms with Gasteiger partial charge in [-0.2, -0.15) is 0 Å². The maximum atomic E-state index is 13.4. The van der Waals surface area contributed by atoms with Crippen LogP contribution in [0.3, 0.4) is 0 Å². The summed E-state index contributed by atoms with van der Waals surface area (Å²) in [6, 6.07) is 6.08. The molecule has 2 aromatic rings. The summed E-state index contributed by atoms with van der Waals surface area (Å²) in [4.78, 5) is 27.8. The van der Waals surface area contributed by atoms with Crippen molar-refractivity contribution >= 4 is 18.4 Å². The zero-order valence-electron chi connectivity index (χ0n) is 12.5. The van der Waals surface area contributed by atoms with Gasteiger partial charge in [-0.15, -0.1) is 8.78 Å². The summed E-state index contributed by atoms with van der Waals surface area (Å²) in [5.41, 5.74) is 0.710. The van der Waals surface area contributed by atoms with Gasteiger partial charge in [0.2, 0.25) is 0 Å². The fraction of sp³-hybridized carbons (Fsp3) is 0.188. The zero-order valence-corrected chi connectivity index (χ0v) is 12.5. The molecule has 0 fully saturated rings. The van der Waals surface area contributed by atoms with Crippen LogP contribution in [-0.2, 0) is 6.54 Å². The second-order valence-corrected chi connectivity index (χ2v) is 5.15. The number of halogens is 2. The maximum absolute atomic E-state index is 13.4. The van der Waals surface area contributed by atoms with E-state index >= 15 is 0 Å². The predicted octanol–water partition coefficient (Wildman–Crippen LogP) is 2.66. The number of pyridine rings is 1. The zero-order chi connectivity index (χ0) is 17.3. The van der Waals surface area contributed by atoms with Crippen LogP contribution in [0.5, 0.6) is 11.5 Å². The van der Waals surface area contributed by atoms with E-state index in [1.807, 2.05) is 0 Å². The first-order valence-electron chi connectivity index (χ1n) is 6.93. The number of ether oxygens (including phenoxy) is 2. The van der Waals surface area contributed by atoms with E-state index in [-0.39, 0.29) is 23.6 Å². The van der Waals surface area contributed by atoms with E-state index in [1.54, 1.807) is 24.1 Å². The summed E-state index contributed by atoms with van der Waals surface area (Å²) < 4.78 is 35.7. The van der Waals surface area contributed by atoms with E-state index in [1.165, 1.54) is 18.3 Å². The Morgan fingerprint density at radius 3 is 2.54 bits per heavy atom. The highest BCUT2D eigenvalue weighted by atomic mass is 19.3. The molecular formula is C16H12F2N2O4. The summed E-state index contributed by atoms with van der Waals surface area (Å²) in [7, 11) is 1.66. The van der Waals surface area contributed by atoms with E-state index in [9.17, 15) is 18.4 Å². The summed E-state index contributed by atoms with van der Waals surface area (Å²) in [6.45, 7) is 0.124. The number of aromatic nitrogens is 1. The van der Waals surface area contributed by atoms with Crippen LogP contribution in [-0.4, -0.2) is 30.9 Å². The molecule has 24 heavy (non-hydrogen) atoms. The molecule has 1 aliphatic heterocycles. The Morgan fingerprint density at radius 2 is 1.83 bits per heavy atom. The van der Waals surface area contributed by atoms with Gasteiger partial charge in [0, 0.05) is 25.4 Å². The van der Waals surface area contributed by atoms with Gasteiger partial charge in [-0.3, -0.25) is 9.59 Å². The number of carbonyl (C=O) groups excluding carboxylic acids is 2. The molecule has 0 aliphatic carbocycles. The van der Waals surface area contributed by atoms with Crippen molar-refractivity contribution in [3.05, 3.63) is 47.2 Å². The van der Waals surface area contributed by atoms with Crippen LogP contribution in [0.25, 0.3) is 0 Å². The number of rotatable bonds is 5. The average molecular weight is 334 g/mol. The van der Waals surface area contributed by atoms with Crippen molar-refractivity contribution in [2.75, 3.05) is 11.9 Å². The number of fused-ring (bicyclic) bond motifs is 1. The van der Waals surface area contributed by atoms with Crippen LogP contribution in [0.4, 0.5) is 14.6 Å². The Morgan fingerprint density at radius 1 is 1.12 bits per heavy atom. The Labute approximate surface area is 135 Å². The van der Waals surface area contributed by atoms with Crippen LogP contribution in [0.1, 0.15) is 26.3 Å². The molecule has 0 radical (unpaired) electrons. The fourth-order valence-corrected chi connectivity index (χ4v) is 2.46. The summed E-state index contributed by atoms with van der Waals surface area (Å²) in [6.07, 6.45) is -1.23. The largest absolute Gasteiger partial charge is 0.586 e. The van der Waals surface area contributed by atoms with Crippen molar-refractivity contribution in [3.8, 4) is 11.5 Å². The average Bonchev–Trinajstić information content (AvgIpc) is 2.90. The van der Waals surface area contributed by atoms with Crippen molar-refractivity contribution in [3.63, 3.8) is 0 Å². The number of hydrogen-bond donors (Lipinski definition) is 0. The summed E-state index contributed by atoms with van der Waals surface area (Å²) in [5, 5.41) is 0. The second kappa shape index (κ2) is 5.88. The lowest BCUT2D eigenvalue weighted by Gasteiger charge is -2.20. The van der Waals surface area contributed by atoms with Crippen LogP contribution >= 0.6 is 0 Å². The van der Waals surface area contributed by atoms with Gasteiger partial charge >= 0.3 is 6.29 Å². The van der Waals surface area contributed by atoms with E-state index in [0.29, 0.717) is 29.5 Å². The minimum absolute atomic E-state index is 0.0278. The van der Waals surface area contributed by atoms with Crippen LogP contribution < -0.4 is 14.4 Å². The van der Waals surface area contributed by atoms with Gasteiger partial charge in [0.15, 0.2) is 24.1 Å². The molecule has 1 aromatic heterocycles. The molecule has 0 saturated heterocycles. The van der Waals surface area contributed by atoms with E-state index in [2.05, 4.69) is 14.5 Å². The third-order valence-corrected chi connectivity index (χ3v) is 3.51. The highest BCUT2D eigenvalue weighted by Crippen LogP contribution is 2.45. The van der Waals surface area contributed by atoms with Crippen LogP contribution in [0.15, 0.2) is 30.5 Å². The smallest absolute Gasteiger partial charge is 0.395 e. The van der Waals surface area contributed by atoms with E-state index < -0.39 is 6.29 Å². The van der Waals surface area contributed by atoms with Crippen LogP contribution in [0.2, 0.25) is 0 Å². The first-order valence-corrected chi connectivity index (χ1v) is 6.93. The number of hydrogen-bond acceptors (Lipinski definition) is 6. The number of nitrogens with zero attached hydrogens (tertiary/aromatic N) is 2. The lowest BCUT2D eigenvalue weighted by atomic mass is 10.1. The Bertz CT molecular complexity index is 811. The number of aldehydes is 2. The highest BCUT2D eigenvalue weighted by Gasteiger charge is 2.45. The highest BCUT2D eigenvalue weighted by molar-refractivity contribution is 5.83. The second-order valence-electron chi connectivity index (χ2n) is 5.15. The minimum atomic E-state index is -3.83. The first kappa shape index (κ1) is 15.9. The predicted molar refractivity (Wildman–Crippen MR) is 79.8 cm³/mol. The fourth-order valence-electron chi connectivity index (χ4n) is 2.46. The molecule has 0 atom stereocenters. The lowest BCUT2D eigenvalue weighted by molar-refractivity contribution is -0.287. The van der Waals surface area contributed by atoms with Crippen molar-refractivity contribution in [1.82, 2.24) is 4.98 Å². The van der Waals surface area contributed by atoms with Gasteiger partial charge in [0.05, 0.1) is 11.1 Å². The molecule has 3 rings (SSSR count). The SMILES string of the molecule is CN(Cc1ccc(C=O)c2c1OC(F)(F)O2)c1ncccc1C=O. The summed E-state index contributed by atoms with van der Waals surface area (Å²) in [5.74, 6) is -0.0936. The monoisotopic (exact) mass is 334 g/mol. The third kappa shape index (κ3) is 2.78. The molecule has 0 N–H and O–H groups in total.